The molecule has 2 aromatic carbocycles. The maximum absolute atomic E-state index is 12.8. The Kier molecular flexibility index (Phi) is 6.50. The molecule has 0 bridgehead atoms. The van der Waals surface area contributed by atoms with Crippen LogP contribution < -0.4 is 5.43 Å². The van der Waals surface area contributed by atoms with E-state index in [0.29, 0.717) is 12.6 Å². The monoisotopic (exact) mass is 532 g/mol. The van der Waals surface area contributed by atoms with Gasteiger partial charge in [0.1, 0.15) is 0 Å². The molecule has 3 aromatic rings. The molecule has 182 valence electrons. The van der Waals surface area contributed by atoms with Crippen molar-refractivity contribution in [2.75, 3.05) is 13.1 Å². The fourth-order valence-electron chi connectivity index (χ4n) is 6.56. The molecule has 1 aliphatic heterocycles. The Morgan fingerprint density at radius 3 is 2.80 bits per heavy atom. The highest BCUT2D eigenvalue weighted by atomic mass is 79.9. The van der Waals surface area contributed by atoms with Crippen molar-refractivity contribution in [2.24, 2.45) is 5.10 Å². The molecule has 1 saturated carbocycles. The van der Waals surface area contributed by atoms with Crippen LogP contribution in [-0.2, 0) is 17.8 Å². The molecule has 0 spiro atoms. The number of rotatable bonds is 5. The van der Waals surface area contributed by atoms with Gasteiger partial charge in [0.15, 0.2) is 0 Å². The molecule has 6 rings (SSSR count). The van der Waals surface area contributed by atoms with Crippen molar-refractivity contribution in [3.05, 3.63) is 69.3 Å². The molecule has 1 aromatic heterocycles. The first-order chi connectivity index (χ1) is 17.2. The summed E-state index contributed by atoms with van der Waals surface area (Å²) in [6.45, 7) is 2.22. The number of hydrogen-bond donors (Lipinski definition) is 1. The Morgan fingerprint density at radius 2 is 1.94 bits per heavy atom. The Bertz CT molecular complexity index is 1270. The Labute approximate surface area is 215 Å². The highest BCUT2D eigenvalue weighted by Gasteiger charge is 2.35. The quantitative estimate of drug-likeness (QED) is 0.309. The number of nitrogens with one attached hydrogen (secondary N) is 1. The zero-order chi connectivity index (χ0) is 23.8. The molecule has 1 fully saturated rings. The van der Waals surface area contributed by atoms with Gasteiger partial charge in [0.25, 0.3) is 5.91 Å². The van der Waals surface area contributed by atoms with E-state index in [0.717, 1.165) is 41.9 Å². The summed E-state index contributed by atoms with van der Waals surface area (Å²) in [6.07, 6.45) is 12.0. The number of hydrazone groups is 1. The predicted molar refractivity (Wildman–Crippen MR) is 145 cm³/mol. The summed E-state index contributed by atoms with van der Waals surface area (Å²) in [6, 6.07) is 15.5. The molecule has 5 nitrogen and oxygen atoms in total. The number of fused-ring (bicyclic) bond motifs is 3. The second kappa shape index (κ2) is 9.90. The van der Waals surface area contributed by atoms with Gasteiger partial charge in [-0.15, -0.1) is 0 Å². The van der Waals surface area contributed by atoms with Crippen LogP contribution in [0.2, 0.25) is 0 Å². The second-order valence-corrected chi connectivity index (χ2v) is 11.3. The normalized spacial score (nSPS) is 20.9. The summed E-state index contributed by atoms with van der Waals surface area (Å²) in [4.78, 5) is 15.1. The molecular weight excluding hydrogens is 500 g/mol. The van der Waals surface area contributed by atoms with Crippen molar-refractivity contribution in [3.63, 3.8) is 0 Å². The summed E-state index contributed by atoms with van der Waals surface area (Å²) in [5, 5.41) is 5.66. The fraction of sp³-hybridized carbons (Fsp3) is 0.448. The fourth-order valence-corrected chi connectivity index (χ4v) is 6.98. The van der Waals surface area contributed by atoms with Gasteiger partial charge in [0.05, 0.1) is 18.8 Å². The van der Waals surface area contributed by atoms with Crippen molar-refractivity contribution in [2.45, 2.75) is 69.9 Å². The molecule has 1 atom stereocenters. The van der Waals surface area contributed by atoms with Gasteiger partial charge >= 0.3 is 0 Å². The number of amides is 1. The smallest absolute Gasteiger partial charge is 0.254 e. The van der Waals surface area contributed by atoms with E-state index in [1.54, 1.807) is 6.21 Å². The molecule has 6 heteroatoms. The van der Waals surface area contributed by atoms with Gasteiger partial charge in [-0.3, -0.25) is 9.69 Å². The largest absolute Gasteiger partial charge is 0.342 e. The van der Waals surface area contributed by atoms with Crippen LogP contribution in [0.25, 0.3) is 10.9 Å². The van der Waals surface area contributed by atoms with Crippen molar-refractivity contribution in [1.82, 2.24) is 14.9 Å². The standard InChI is InChI=1S/C29H33BrN4O/c30-23-9-4-6-20(16-23)18-31-32-28(35)19-33-14-15-34-26-13-12-22(21-7-2-1-3-8-21)17-25(26)24-10-5-11-27(33)29(24)34/h4,6,9,12-13,16-18,21,27H,1-3,5,7-8,10-11,14-15,19H2,(H,32,35)/b31-18-. The van der Waals surface area contributed by atoms with Gasteiger partial charge < -0.3 is 4.57 Å². The average molecular weight is 534 g/mol. The number of halogens is 1. The van der Waals surface area contributed by atoms with E-state index in [1.807, 2.05) is 24.3 Å². The molecule has 2 heterocycles. The first-order valence-electron chi connectivity index (χ1n) is 13.1. The number of nitrogens with zero attached hydrogens (tertiary/aromatic N) is 3. The number of hydrogen-bond acceptors (Lipinski definition) is 3. The molecule has 1 N–H and O–H groups in total. The van der Waals surface area contributed by atoms with Crippen molar-refractivity contribution in [3.8, 4) is 0 Å². The third-order valence-corrected chi connectivity index (χ3v) is 8.68. The van der Waals surface area contributed by atoms with E-state index in [-0.39, 0.29) is 5.91 Å². The second-order valence-electron chi connectivity index (χ2n) is 10.4. The summed E-state index contributed by atoms with van der Waals surface area (Å²) in [5.41, 5.74) is 9.62. The highest BCUT2D eigenvalue weighted by Crippen LogP contribution is 2.44. The van der Waals surface area contributed by atoms with Crippen LogP contribution >= 0.6 is 15.9 Å². The van der Waals surface area contributed by atoms with Crippen LogP contribution in [0, 0.1) is 0 Å². The number of carbonyl (C=O) groups excluding carboxylic acids is 1. The molecule has 1 unspecified atom stereocenters. The number of benzene rings is 2. The van der Waals surface area contributed by atoms with Gasteiger partial charge in [-0.1, -0.05) is 53.4 Å². The van der Waals surface area contributed by atoms with Crippen molar-refractivity contribution < 1.29 is 4.79 Å². The third kappa shape index (κ3) is 4.58. The minimum absolute atomic E-state index is 0.0486. The van der Waals surface area contributed by atoms with E-state index < -0.39 is 0 Å². The zero-order valence-corrected chi connectivity index (χ0v) is 21.8. The van der Waals surface area contributed by atoms with E-state index in [2.05, 4.69) is 54.1 Å². The maximum Gasteiger partial charge on any atom is 0.254 e. The number of aryl methyl sites for hydroxylation is 1. The summed E-state index contributed by atoms with van der Waals surface area (Å²) in [7, 11) is 0. The lowest BCUT2D eigenvalue weighted by Crippen LogP contribution is -2.44. The van der Waals surface area contributed by atoms with Crippen LogP contribution in [0.1, 0.15) is 79.3 Å². The highest BCUT2D eigenvalue weighted by molar-refractivity contribution is 9.10. The van der Waals surface area contributed by atoms with E-state index in [9.17, 15) is 4.79 Å². The summed E-state index contributed by atoms with van der Waals surface area (Å²) >= 11 is 3.47. The molecule has 3 aliphatic rings. The number of carbonyl (C=O) groups is 1. The van der Waals surface area contributed by atoms with Crippen molar-refractivity contribution in [1.29, 1.82) is 0 Å². The van der Waals surface area contributed by atoms with Gasteiger partial charge in [-0.2, -0.15) is 5.10 Å². The zero-order valence-electron chi connectivity index (χ0n) is 20.2. The van der Waals surface area contributed by atoms with E-state index in [1.165, 1.54) is 66.2 Å². The molecule has 0 saturated heterocycles. The van der Waals surface area contributed by atoms with Gasteiger partial charge in [-0.25, -0.2) is 5.43 Å². The Hall–Kier alpha value is -2.44. The van der Waals surface area contributed by atoms with Crippen molar-refractivity contribution >= 4 is 39.0 Å². The molecule has 2 aliphatic carbocycles. The van der Waals surface area contributed by atoms with Crippen LogP contribution in [0.4, 0.5) is 0 Å². The number of aromatic nitrogens is 1. The maximum atomic E-state index is 12.8. The van der Waals surface area contributed by atoms with Gasteiger partial charge in [0.2, 0.25) is 0 Å². The van der Waals surface area contributed by atoms with Gasteiger partial charge in [0, 0.05) is 34.2 Å². The lowest BCUT2D eigenvalue weighted by molar-refractivity contribution is -0.123. The lowest BCUT2D eigenvalue weighted by Gasteiger charge is -2.39. The average Bonchev–Trinajstić information content (AvgIpc) is 3.21. The molecular formula is C29H33BrN4O. The lowest BCUT2D eigenvalue weighted by atomic mass is 9.83. The topological polar surface area (TPSA) is 49.6 Å². The van der Waals surface area contributed by atoms with Crippen LogP contribution in [0.15, 0.2) is 52.0 Å². The molecule has 1 amide bonds. The molecule has 0 radical (unpaired) electrons. The van der Waals surface area contributed by atoms with Crippen LogP contribution in [0.3, 0.4) is 0 Å². The Balaban J connectivity index is 1.20. The predicted octanol–water partition coefficient (Wildman–Crippen LogP) is 6.29. The van der Waals surface area contributed by atoms with Crippen LogP contribution in [0.5, 0.6) is 0 Å². The first kappa shape index (κ1) is 23.0. The van der Waals surface area contributed by atoms with E-state index in [4.69, 9.17) is 0 Å². The third-order valence-electron chi connectivity index (χ3n) is 8.18. The van der Waals surface area contributed by atoms with Crippen LogP contribution in [-0.4, -0.2) is 34.7 Å². The minimum Gasteiger partial charge on any atom is -0.342 e. The minimum atomic E-state index is -0.0486. The molecule has 35 heavy (non-hydrogen) atoms. The summed E-state index contributed by atoms with van der Waals surface area (Å²) in [5.74, 6) is 0.682. The van der Waals surface area contributed by atoms with Gasteiger partial charge in [-0.05, 0) is 79.0 Å². The van der Waals surface area contributed by atoms with E-state index >= 15 is 0 Å². The SMILES string of the molecule is O=C(CN1CCn2c3c(c4cc(C5CCCCC5)ccc42)CCCC31)N/N=C\c1cccc(Br)c1. The first-order valence-corrected chi connectivity index (χ1v) is 13.9. The summed E-state index contributed by atoms with van der Waals surface area (Å²) < 4.78 is 3.55. The Morgan fingerprint density at radius 1 is 1.06 bits per heavy atom.